The van der Waals surface area contributed by atoms with Crippen LogP contribution in [0, 0.1) is 0 Å². The second-order valence-electron chi connectivity index (χ2n) is 1.46. The largest absolute Gasteiger partial charge is 0.481 e. The number of hydrogen-bond donors (Lipinski definition) is 2. The molecular weight excluding hydrogens is 158 g/mol. The zero-order valence-electron chi connectivity index (χ0n) is 4.46. The highest BCUT2D eigenvalue weighted by Gasteiger charge is 2.08. The maximum atomic E-state index is 10.1. The van der Waals surface area contributed by atoms with Gasteiger partial charge in [0, 0.05) is 4.91 Å². The summed E-state index contributed by atoms with van der Waals surface area (Å²) in [5, 5.41) is 10.1. The highest BCUT2D eigenvalue weighted by molar-refractivity contribution is 8.18. The van der Waals surface area contributed by atoms with E-state index in [2.05, 4.69) is 4.13 Å². The van der Waals surface area contributed by atoms with Crippen LogP contribution in [0.25, 0.3) is 0 Å². The highest BCUT2D eigenvalue weighted by atomic mass is 32.2. The summed E-state index contributed by atoms with van der Waals surface area (Å²) in [4.78, 5) is 10.9. The van der Waals surface area contributed by atoms with Crippen LogP contribution < -0.4 is 4.13 Å². The van der Waals surface area contributed by atoms with Gasteiger partial charge < -0.3 is 5.11 Å². The standard InChI is InChI=1S/C4H5NO2S2/c6-4(7)1-3-2-8-5-9-3/h2,5H,1H2,(H,6,7). The van der Waals surface area contributed by atoms with Gasteiger partial charge in [-0.3, -0.25) is 4.79 Å². The van der Waals surface area contributed by atoms with Gasteiger partial charge in [0.25, 0.3) is 0 Å². The van der Waals surface area contributed by atoms with Gasteiger partial charge in [-0.1, -0.05) is 0 Å². The van der Waals surface area contributed by atoms with E-state index in [1.165, 1.54) is 23.9 Å². The zero-order chi connectivity index (χ0) is 6.69. The average molecular weight is 163 g/mol. The first-order valence-electron chi connectivity index (χ1n) is 2.27. The van der Waals surface area contributed by atoms with Crippen LogP contribution in [-0.2, 0) is 4.79 Å². The molecular formula is C4H5NO2S2. The minimum atomic E-state index is -0.780. The smallest absolute Gasteiger partial charge is 0.308 e. The van der Waals surface area contributed by atoms with Crippen molar-refractivity contribution in [3.63, 3.8) is 0 Å². The van der Waals surface area contributed by atoms with Gasteiger partial charge in [0.1, 0.15) is 0 Å². The van der Waals surface area contributed by atoms with Crippen LogP contribution in [0.4, 0.5) is 0 Å². The minimum Gasteiger partial charge on any atom is -0.481 e. The molecule has 9 heavy (non-hydrogen) atoms. The molecule has 50 valence electrons. The summed E-state index contributed by atoms with van der Waals surface area (Å²) in [5.74, 6) is -0.780. The van der Waals surface area contributed by atoms with E-state index < -0.39 is 5.97 Å². The lowest BCUT2D eigenvalue weighted by Gasteiger charge is -1.90. The van der Waals surface area contributed by atoms with Crippen molar-refractivity contribution >= 4 is 29.9 Å². The van der Waals surface area contributed by atoms with Crippen LogP contribution in [0.5, 0.6) is 0 Å². The summed E-state index contributed by atoms with van der Waals surface area (Å²) in [7, 11) is 0. The predicted molar refractivity (Wildman–Crippen MR) is 38.7 cm³/mol. The van der Waals surface area contributed by atoms with Gasteiger partial charge >= 0.3 is 5.97 Å². The third-order valence-corrected chi connectivity index (χ3v) is 2.53. The Labute approximate surface area is 61.2 Å². The maximum absolute atomic E-state index is 10.1. The second-order valence-corrected chi connectivity index (χ2v) is 3.32. The molecule has 0 spiro atoms. The molecule has 0 aromatic rings. The summed E-state index contributed by atoms with van der Waals surface area (Å²) in [5.41, 5.74) is 0. The van der Waals surface area contributed by atoms with Crippen molar-refractivity contribution in [2.45, 2.75) is 6.42 Å². The van der Waals surface area contributed by atoms with Crippen molar-refractivity contribution in [1.82, 2.24) is 4.13 Å². The van der Waals surface area contributed by atoms with Crippen LogP contribution >= 0.6 is 23.9 Å². The molecule has 1 heterocycles. The topological polar surface area (TPSA) is 49.3 Å². The van der Waals surface area contributed by atoms with Gasteiger partial charge in [-0.25, -0.2) is 4.13 Å². The predicted octanol–water partition coefficient (Wildman–Crippen LogP) is 1.20. The van der Waals surface area contributed by atoms with Gasteiger partial charge in [-0.05, 0) is 29.3 Å². The first-order chi connectivity index (χ1) is 4.29. The molecule has 0 aliphatic carbocycles. The number of aliphatic carboxylic acids is 1. The Hall–Kier alpha value is -0.130. The van der Waals surface area contributed by atoms with Crippen LogP contribution in [0.2, 0.25) is 0 Å². The normalized spacial score (nSPS) is 17.6. The number of carboxylic acids is 1. The summed E-state index contributed by atoms with van der Waals surface area (Å²) >= 11 is 2.78. The van der Waals surface area contributed by atoms with Gasteiger partial charge in [0.2, 0.25) is 0 Å². The maximum Gasteiger partial charge on any atom is 0.308 e. The van der Waals surface area contributed by atoms with Gasteiger partial charge in [0.05, 0.1) is 6.42 Å². The van der Waals surface area contributed by atoms with Crippen molar-refractivity contribution < 1.29 is 9.90 Å². The van der Waals surface area contributed by atoms with Crippen molar-refractivity contribution in [3.05, 3.63) is 10.3 Å². The van der Waals surface area contributed by atoms with Crippen LogP contribution in [0.1, 0.15) is 6.42 Å². The molecule has 0 unspecified atom stereocenters. The highest BCUT2D eigenvalue weighted by Crippen LogP contribution is 2.28. The van der Waals surface area contributed by atoms with Crippen molar-refractivity contribution in [2.75, 3.05) is 0 Å². The van der Waals surface area contributed by atoms with E-state index in [-0.39, 0.29) is 6.42 Å². The number of carbonyl (C=O) groups is 1. The first kappa shape index (κ1) is 6.98. The molecule has 0 aromatic heterocycles. The van der Waals surface area contributed by atoms with Crippen molar-refractivity contribution in [2.24, 2.45) is 0 Å². The fraction of sp³-hybridized carbons (Fsp3) is 0.250. The Morgan fingerprint density at radius 3 is 3.11 bits per heavy atom. The average Bonchev–Trinajstić information content (AvgIpc) is 2.15. The first-order valence-corrected chi connectivity index (χ1v) is 3.97. The Morgan fingerprint density at radius 1 is 1.89 bits per heavy atom. The summed E-state index contributed by atoms with van der Waals surface area (Å²) in [6, 6.07) is 0. The quantitative estimate of drug-likeness (QED) is 0.599. The van der Waals surface area contributed by atoms with Crippen molar-refractivity contribution in [3.8, 4) is 0 Å². The van der Waals surface area contributed by atoms with Crippen LogP contribution in [0.3, 0.4) is 0 Å². The van der Waals surface area contributed by atoms with Crippen molar-refractivity contribution in [1.29, 1.82) is 0 Å². The Kier molecular flexibility index (Phi) is 2.44. The Bertz CT molecular complexity index is 157. The number of hydrogen-bond acceptors (Lipinski definition) is 4. The SMILES string of the molecule is O=C(O)CC1=CSNS1. The fourth-order valence-electron chi connectivity index (χ4n) is 0.418. The lowest BCUT2D eigenvalue weighted by molar-refractivity contribution is -0.136. The molecule has 3 nitrogen and oxygen atoms in total. The third kappa shape index (κ3) is 2.30. The molecule has 0 amide bonds. The lowest BCUT2D eigenvalue weighted by Crippen LogP contribution is -1.94. The lowest BCUT2D eigenvalue weighted by atomic mass is 10.4. The second kappa shape index (κ2) is 3.14. The molecule has 2 N–H and O–H groups in total. The molecule has 0 radical (unpaired) electrons. The molecule has 1 aliphatic heterocycles. The van der Waals surface area contributed by atoms with Gasteiger partial charge in [0.15, 0.2) is 0 Å². The number of nitrogens with one attached hydrogen (secondary N) is 1. The van der Waals surface area contributed by atoms with Crippen LogP contribution in [0.15, 0.2) is 10.3 Å². The molecule has 1 aliphatic rings. The Balaban J connectivity index is 2.35. The van der Waals surface area contributed by atoms with E-state index in [0.717, 1.165) is 4.91 Å². The van der Waals surface area contributed by atoms with Gasteiger partial charge in [-0.15, -0.1) is 0 Å². The summed E-state index contributed by atoms with van der Waals surface area (Å²) in [6.07, 6.45) is 0.130. The summed E-state index contributed by atoms with van der Waals surface area (Å²) in [6.45, 7) is 0. The zero-order valence-corrected chi connectivity index (χ0v) is 6.09. The van der Waals surface area contributed by atoms with E-state index in [1.807, 2.05) is 0 Å². The molecule has 0 atom stereocenters. The third-order valence-electron chi connectivity index (χ3n) is 0.737. The van der Waals surface area contributed by atoms with Gasteiger partial charge in [-0.2, -0.15) is 0 Å². The van der Waals surface area contributed by atoms with E-state index in [0.29, 0.717) is 0 Å². The molecule has 0 fully saturated rings. The Morgan fingerprint density at radius 2 is 2.67 bits per heavy atom. The van der Waals surface area contributed by atoms with E-state index in [9.17, 15) is 4.79 Å². The minimum absolute atomic E-state index is 0.130. The monoisotopic (exact) mass is 163 g/mol. The molecule has 0 saturated carbocycles. The molecule has 0 bridgehead atoms. The number of carboxylic acid groups (broad SMARTS) is 1. The number of rotatable bonds is 2. The molecule has 0 saturated heterocycles. The van der Waals surface area contributed by atoms with E-state index in [4.69, 9.17) is 5.11 Å². The molecule has 0 aromatic carbocycles. The molecule has 5 heteroatoms. The summed E-state index contributed by atoms with van der Waals surface area (Å²) < 4.78 is 2.86. The molecule has 1 rings (SSSR count). The van der Waals surface area contributed by atoms with Crippen LogP contribution in [-0.4, -0.2) is 11.1 Å². The fourth-order valence-corrected chi connectivity index (χ4v) is 1.98. The van der Waals surface area contributed by atoms with E-state index in [1.54, 1.807) is 5.41 Å². The van der Waals surface area contributed by atoms with E-state index >= 15 is 0 Å².